The maximum Gasteiger partial charge on any atom is 0.245 e. The molecule has 1 aromatic carbocycles. The zero-order valence-corrected chi connectivity index (χ0v) is 30.6. The molecule has 2 rings (SSSR count). The number of carbonyl (C=O) groups excluding carboxylic acids is 4. The Morgan fingerprint density at radius 2 is 1.66 bits per heavy atom. The van der Waals surface area contributed by atoms with Gasteiger partial charge in [-0.2, -0.15) is 0 Å². The Morgan fingerprint density at radius 3 is 2.17 bits per heavy atom. The number of rotatable bonds is 15. The number of aliphatic hydroxyl groups is 1. The molecule has 4 amide bonds. The van der Waals surface area contributed by atoms with Gasteiger partial charge in [0, 0.05) is 52.6 Å². The molecule has 1 saturated heterocycles. The molecular formula is C36H61N5O6. The predicted molar refractivity (Wildman–Crippen MR) is 184 cm³/mol. The summed E-state index contributed by atoms with van der Waals surface area (Å²) in [6.45, 7) is 16.2. The van der Waals surface area contributed by atoms with Crippen molar-refractivity contribution in [2.45, 2.75) is 117 Å². The van der Waals surface area contributed by atoms with Crippen LogP contribution in [0.25, 0.3) is 0 Å². The molecule has 0 bridgehead atoms. The van der Waals surface area contributed by atoms with Gasteiger partial charge in [0.05, 0.1) is 18.1 Å². The van der Waals surface area contributed by atoms with Crippen LogP contribution in [0.2, 0.25) is 0 Å². The van der Waals surface area contributed by atoms with Crippen molar-refractivity contribution >= 4 is 23.6 Å². The van der Waals surface area contributed by atoms with Crippen LogP contribution in [0.5, 0.6) is 0 Å². The monoisotopic (exact) mass is 659 g/mol. The van der Waals surface area contributed by atoms with Gasteiger partial charge >= 0.3 is 0 Å². The van der Waals surface area contributed by atoms with E-state index >= 15 is 0 Å². The quantitative estimate of drug-likeness (QED) is 0.247. The molecule has 11 heteroatoms. The Hall–Kier alpha value is -3.02. The molecule has 0 spiro atoms. The number of hydrogen-bond acceptors (Lipinski definition) is 7. The van der Waals surface area contributed by atoms with Gasteiger partial charge < -0.3 is 35.2 Å². The van der Waals surface area contributed by atoms with E-state index in [-0.39, 0.29) is 55.1 Å². The van der Waals surface area contributed by atoms with Crippen molar-refractivity contribution in [2.75, 3.05) is 40.8 Å². The van der Waals surface area contributed by atoms with Gasteiger partial charge in [0.1, 0.15) is 6.04 Å². The minimum atomic E-state index is -1.06. The maximum atomic E-state index is 14.2. The highest BCUT2D eigenvalue weighted by atomic mass is 16.6. The number of benzene rings is 1. The number of methoxy groups -OCH3 is 1. The number of carbonyl (C=O) groups is 4. The molecule has 266 valence electrons. The van der Waals surface area contributed by atoms with Crippen LogP contribution in [0, 0.1) is 11.3 Å². The molecule has 1 aromatic rings. The van der Waals surface area contributed by atoms with Crippen LogP contribution >= 0.6 is 0 Å². The van der Waals surface area contributed by atoms with Crippen LogP contribution in [-0.2, 0) is 29.3 Å². The molecule has 1 aliphatic rings. The summed E-state index contributed by atoms with van der Waals surface area (Å²) in [5, 5.41) is 16.6. The van der Waals surface area contributed by atoms with Crippen molar-refractivity contribution in [3.63, 3.8) is 0 Å². The van der Waals surface area contributed by atoms with Crippen LogP contribution in [-0.4, -0.2) is 115 Å². The summed E-state index contributed by atoms with van der Waals surface area (Å²) >= 11 is 0. The van der Waals surface area contributed by atoms with Gasteiger partial charge in [0.25, 0.3) is 0 Å². The largest absolute Gasteiger partial charge is 0.366 e. The Balaban J connectivity index is 2.24. The maximum absolute atomic E-state index is 14.2. The third kappa shape index (κ3) is 10.5. The number of likely N-dealkylation sites (tertiary alicyclic amines) is 1. The van der Waals surface area contributed by atoms with E-state index in [4.69, 9.17) is 4.74 Å². The SMILES string of the molecule is CN[C@H](C(=O)NC(C(=O)N(C)C(CN(CCC(=O)N1CCCCC1C(O)OC)C(C)=O)C(C)C)C(C)(C)C)C(C)(C)c1ccccc1. The normalized spacial score (nSPS) is 18.2. The summed E-state index contributed by atoms with van der Waals surface area (Å²) in [6, 6.07) is 7.59. The highest BCUT2D eigenvalue weighted by Crippen LogP contribution is 2.29. The number of ether oxygens (including phenoxy) is 1. The van der Waals surface area contributed by atoms with Crippen LogP contribution in [0.3, 0.4) is 0 Å². The van der Waals surface area contributed by atoms with Crippen molar-refractivity contribution in [3.05, 3.63) is 35.9 Å². The van der Waals surface area contributed by atoms with Gasteiger partial charge in [0.2, 0.25) is 23.6 Å². The third-order valence-electron chi connectivity index (χ3n) is 9.69. The highest BCUT2D eigenvalue weighted by Gasteiger charge is 2.42. The van der Waals surface area contributed by atoms with Crippen molar-refractivity contribution in [2.24, 2.45) is 11.3 Å². The smallest absolute Gasteiger partial charge is 0.245 e. The van der Waals surface area contributed by atoms with Crippen molar-refractivity contribution in [3.8, 4) is 0 Å². The average Bonchev–Trinajstić information content (AvgIpc) is 3.02. The van der Waals surface area contributed by atoms with E-state index in [1.807, 2.05) is 78.8 Å². The lowest BCUT2D eigenvalue weighted by Gasteiger charge is -2.41. The summed E-state index contributed by atoms with van der Waals surface area (Å²) in [6.07, 6.45) is 1.45. The van der Waals surface area contributed by atoms with E-state index in [0.717, 1.165) is 18.4 Å². The number of nitrogens with one attached hydrogen (secondary N) is 2. The van der Waals surface area contributed by atoms with E-state index in [0.29, 0.717) is 13.0 Å². The Labute approximate surface area is 282 Å². The van der Waals surface area contributed by atoms with E-state index in [1.54, 1.807) is 28.8 Å². The first-order valence-corrected chi connectivity index (χ1v) is 16.9. The number of hydrogen-bond donors (Lipinski definition) is 3. The minimum absolute atomic E-state index is 0.0248. The molecule has 5 atom stereocenters. The molecule has 0 radical (unpaired) electrons. The molecule has 4 unspecified atom stereocenters. The summed E-state index contributed by atoms with van der Waals surface area (Å²) in [5.74, 6) is -0.889. The first kappa shape index (κ1) is 40.2. The first-order chi connectivity index (χ1) is 21.9. The molecule has 1 heterocycles. The molecule has 1 aliphatic heterocycles. The lowest BCUT2D eigenvalue weighted by Crippen LogP contribution is -2.62. The van der Waals surface area contributed by atoms with Gasteiger partial charge in [0.15, 0.2) is 6.29 Å². The van der Waals surface area contributed by atoms with Gasteiger partial charge in [-0.15, -0.1) is 0 Å². The highest BCUT2D eigenvalue weighted by molar-refractivity contribution is 5.91. The zero-order valence-electron chi connectivity index (χ0n) is 30.6. The molecule has 0 saturated carbocycles. The summed E-state index contributed by atoms with van der Waals surface area (Å²) in [4.78, 5) is 59.1. The molecule has 47 heavy (non-hydrogen) atoms. The predicted octanol–water partition coefficient (Wildman–Crippen LogP) is 3.15. The fraction of sp³-hybridized carbons (Fsp3) is 0.722. The lowest BCUT2D eigenvalue weighted by atomic mass is 9.76. The summed E-state index contributed by atoms with van der Waals surface area (Å²) in [7, 11) is 4.88. The Kier molecular flexibility index (Phi) is 14.9. The Bertz CT molecular complexity index is 1180. The standard InChI is InChI=1S/C36H61N5O6/c1-24(2)28(23-40(25(3)42)22-20-29(43)41-21-16-15-19-27(41)34(46)47-11)39(10)33(45)31(35(4,5)6)38-32(44)30(37-9)36(7,8)26-17-13-12-14-18-26/h12-14,17-18,24,27-28,30-31,34,37,46H,15-16,19-23H2,1-11H3,(H,38,44)/t27?,28?,30-,31?,34?/m1/s1. The molecular weight excluding hydrogens is 598 g/mol. The van der Waals surface area contributed by atoms with Gasteiger partial charge in [-0.05, 0) is 43.2 Å². The number of nitrogens with zero attached hydrogens (tertiary/aromatic N) is 3. The van der Waals surface area contributed by atoms with E-state index < -0.39 is 35.2 Å². The van der Waals surface area contributed by atoms with E-state index in [2.05, 4.69) is 10.6 Å². The molecule has 0 aromatic heterocycles. The fourth-order valence-corrected chi connectivity index (χ4v) is 6.57. The first-order valence-electron chi connectivity index (χ1n) is 16.9. The van der Waals surface area contributed by atoms with Crippen LogP contribution in [0.4, 0.5) is 0 Å². The molecule has 0 aliphatic carbocycles. The van der Waals surface area contributed by atoms with Crippen molar-refractivity contribution < 1.29 is 29.0 Å². The summed E-state index contributed by atoms with van der Waals surface area (Å²) < 4.78 is 5.11. The van der Waals surface area contributed by atoms with Gasteiger partial charge in [-0.25, -0.2) is 0 Å². The van der Waals surface area contributed by atoms with E-state index in [1.165, 1.54) is 14.0 Å². The third-order valence-corrected chi connectivity index (χ3v) is 9.69. The van der Waals surface area contributed by atoms with Crippen molar-refractivity contribution in [1.82, 2.24) is 25.3 Å². The van der Waals surface area contributed by atoms with Crippen LogP contribution in [0.1, 0.15) is 86.6 Å². The minimum Gasteiger partial charge on any atom is -0.366 e. The molecule has 3 N–H and O–H groups in total. The second-order valence-corrected chi connectivity index (χ2v) is 14.9. The lowest BCUT2D eigenvalue weighted by molar-refractivity contribution is -0.158. The second kappa shape index (κ2) is 17.4. The number of piperidine rings is 1. The molecule has 1 fully saturated rings. The van der Waals surface area contributed by atoms with Gasteiger partial charge in [-0.3, -0.25) is 19.2 Å². The second-order valence-electron chi connectivity index (χ2n) is 14.9. The average molecular weight is 660 g/mol. The van der Waals surface area contributed by atoms with Crippen LogP contribution in [0.15, 0.2) is 30.3 Å². The Morgan fingerprint density at radius 1 is 1.04 bits per heavy atom. The number of aliphatic hydroxyl groups excluding tert-OH is 1. The van der Waals surface area contributed by atoms with E-state index in [9.17, 15) is 24.3 Å². The topological polar surface area (TPSA) is 132 Å². The van der Waals surface area contributed by atoms with Crippen LogP contribution < -0.4 is 10.6 Å². The van der Waals surface area contributed by atoms with Crippen molar-refractivity contribution in [1.29, 1.82) is 0 Å². The fourth-order valence-electron chi connectivity index (χ4n) is 6.57. The number of amides is 4. The number of likely N-dealkylation sites (N-methyl/N-ethyl adjacent to an activating group) is 2. The molecule has 11 nitrogen and oxygen atoms in total. The summed E-state index contributed by atoms with van der Waals surface area (Å²) in [5.41, 5.74) is -0.173. The van der Waals surface area contributed by atoms with Gasteiger partial charge in [-0.1, -0.05) is 78.8 Å². The zero-order chi connectivity index (χ0) is 35.7.